The molecule has 1 heterocycles. The van der Waals surface area contributed by atoms with Gasteiger partial charge in [0.2, 0.25) is 0 Å². The first-order chi connectivity index (χ1) is 3.43. The van der Waals surface area contributed by atoms with E-state index < -0.39 is 0 Å². The minimum Gasteiger partial charge on any atom is -0.447 e. The van der Waals surface area contributed by atoms with Crippen molar-refractivity contribution in [2.75, 3.05) is 0 Å². The molecule has 0 amide bonds. The Morgan fingerprint density at radius 2 is 2.22 bits per heavy atom. The lowest BCUT2D eigenvalue weighted by molar-refractivity contribution is 0.506. The van der Waals surface area contributed by atoms with Crippen LogP contribution in [0.15, 0.2) is 17.0 Å². The van der Waals surface area contributed by atoms with Crippen molar-refractivity contribution in [1.29, 1.82) is 0 Å². The van der Waals surface area contributed by atoms with Crippen LogP contribution < -0.4 is 5.73 Å². The summed E-state index contributed by atoms with van der Waals surface area (Å²) in [7, 11) is 0. The van der Waals surface area contributed by atoms with Crippen molar-refractivity contribution in [3.63, 3.8) is 0 Å². The van der Waals surface area contributed by atoms with Crippen LogP contribution in [0.25, 0.3) is 0 Å². The number of halogens is 2. The number of hydrogen-bond acceptors (Lipinski definition) is 3. The maximum absolute atomic E-state index is 5.16. The molecule has 2 N–H and O–H groups in total. The number of hydrogen-bond donors (Lipinski definition) is 1. The van der Waals surface area contributed by atoms with Gasteiger partial charge in [0.15, 0.2) is 6.39 Å². The molecule has 0 saturated carbocycles. The molecule has 1 aromatic heterocycles. The lowest BCUT2D eigenvalue weighted by Crippen LogP contribution is -1.92. The van der Waals surface area contributed by atoms with E-state index in [0.717, 1.165) is 5.76 Å². The van der Waals surface area contributed by atoms with Gasteiger partial charge in [-0.2, -0.15) is 0 Å². The predicted octanol–water partition coefficient (Wildman–Crippen LogP) is 0.977. The zero-order chi connectivity index (χ0) is 5.11. The minimum absolute atomic E-state index is 0. The van der Waals surface area contributed by atoms with Crippen molar-refractivity contribution in [1.82, 2.24) is 4.98 Å². The Balaban J connectivity index is 0. The van der Waals surface area contributed by atoms with E-state index in [1.54, 1.807) is 6.20 Å². The number of rotatable bonds is 1. The molecule has 5 heteroatoms. The van der Waals surface area contributed by atoms with Crippen LogP contribution in [0.5, 0.6) is 0 Å². The molecule has 0 unspecified atom stereocenters. The highest BCUT2D eigenvalue weighted by atomic mass is 35.5. The van der Waals surface area contributed by atoms with Gasteiger partial charge < -0.3 is 10.2 Å². The normalized spacial score (nSPS) is 7.22. The van der Waals surface area contributed by atoms with E-state index in [1.807, 2.05) is 0 Å². The molecule has 1 rings (SSSR count). The quantitative estimate of drug-likeness (QED) is 0.684. The highest BCUT2D eigenvalue weighted by Gasteiger charge is 1.86. The summed E-state index contributed by atoms with van der Waals surface area (Å²) in [5.41, 5.74) is 5.16. The summed E-state index contributed by atoms with van der Waals surface area (Å²) >= 11 is 0. The van der Waals surface area contributed by atoms with Crippen LogP contribution in [-0.2, 0) is 6.54 Å². The Hall–Kier alpha value is -0.250. The van der Waals surface area contributed by atoms with Crippen LogP contribution in [0.2, 0.25) is 0 Å². The average molecular weight is 171 g/mol. The second kappa shape index (κ2) is 5.88. The zero-order valence-corrected chi connectivity index (χ0v) is 6.24. The second-order valence-electron chi connectivity index (χ2n) is 1.17. The molecular formula is C4H8Cl2N2O. The monoisotopic (exact) mass is 170 g/mol. The molecule has 54 valence electrons. The first-order valence-corrected chi connectivity index (χ1v) is 2.01. The van der Waals surface area contributed by atoms with Gasteiger partial charge in [-0.05, 0) is 0 Å². The van der Waals surface area contributed by atoms with Gasteiger partial charge in [-0.15, -0.1) is 24.8 Å². The van der Waals surface area contributed by atoms with E-state index in [-0.39, 0.29) is 24.8 Å². The highest BCUT2D eigenvalue weighted by molar-refractivity contribution is 5.85. The fourth-order valence-corrected chi connectivity index (χ4v) is 0.343. The molecule has 0 atom stereocenters. The summed E-state index contributed by atoms with van der Waals surface area (Å²) < 4.78 is 4.75. The molecule has 3 nitrogen and oxygen atoms in total. The molecule has 0 aromatic carbocycles. The van der Waals surface area contributed by atoms with E-state index in [2.05, 4.69) is 4.98 Å². The molecular weight excluding hydrogens is 163 g/mol. The third kappa shape index (κ3) is 3.35. The van der Waals surface area contributed by atoms with Gasteiger partial charge in [0, 0.05) is 0 Å². The Kier molecular flexibility index (Phi) is 7.53. The van der Waals surface area contributed by atoms with Gasteiger partial charge in [-0.3, -0.25) is 0 Å². The van der Waals surface area contributed by atoms with Gasteiger partial charge >= 0.3 is 0 Å². The van der Waals surface area contributed by atoms with Crippen molar-refractivity contribution in [3.05, 3.63) is 18.4 Å². The van der Waals surface area contributed by atoms with Crippen molar-refractivity contribution in [3.8, 4) is 0 Å². The van der Waals surface area contributed by atoms with Gasteiger partial charge in [0.1, 0.15) is 5.76 Å². The van der Waals surface area contributed by atoms with E-state index in [4.69, 9.17) is 10.2 Å². The summed E-state index contributed by atoms with van der Waals surface area (Å²) in [6.07, 6.45) is 2.96. The predicted molar refractivity (Wildman–Crippen MR) is 38.9 cm³/mol. The molecule has 0 saturated heterocycles. The third-order valence-electron chi connectivity index (χ3n) is 0.685. The molecule has 0 aliphatic heterocycles. The van der Waals surface area contributed by atoms with Crippen molar-refractivity contribution in [2.24, 2.45) is 5.73 Å². The van der Waals surface area contributed by atoms with E-state index in [1.165, 1.54) is 6.39 Å². The maximum atomic E-state index is 5.16. The first kappa shape index (κ1) is 11.5. The molecule has 0 aliphatic carbocycles. The summed E-state index contributed by atoms with van der Waals surface area (Å²) in [5.74, 6) is 0.722. The van der Waals surface area contributed by atoms with E-state index in [0.29, 0.717) is 6.54 Å². The maximum Gasteiger partial charge on any atom is 0.180 e. The van der Waals surface area contributed by atoms with E-state index >= 15 is 0 Å². The summed E-state index contributed by atoms with van der Waals surface area (Å²) in [4.78, 5) is 3.65. The van der Waals surface area contributed by atoms with Crippen LogP contribution in [0.3, 0.4) is 0 Å². The molecule has 0 aliphatic rings. The molecule has 0 fully saturated rings. The Labute approximate surface area is 65.5 Å². The van der Waals surface area contributed by atoms with Gasteiger partial charge in [0.05, 0.1) is 12.7 Å². The summed E-state index contributed by atoms with van der Waals surface area (Å²) in [6.45, 7) is 0.431. The van der Waals surface area contributed by atoms with Crippen LogP contribution in [0, 0.1) is 0 Å². The largest absolute Gasteiger partial charge is 0.447 e. The highest BCUT2D eigenvalue weighted by Crippen LogP contribution is 1.91. The SMILES string of the molecule is Cl.Cl.NCc1cnco1. The molecule has 1 aromatic rings. The first-order valence-electron chi connectivity index (χ1n) is 2.01. The fourth-order valence-electron chi connectivity index (χ4n) is 0.343. The lowest BCUT2D eigenvalue weighted by Gasteiger charge is -1.78. The summed E-state index contributed by atoms with van der Waals surface area (Å²) in [5, 5.41) is 0. The molecule has 0 radical (unpaired) electrons. The van der Waals surface area contributed by atoms with Gasteiger partial charge in [0.25, 0.3) is 0 Å². The Morgan fingerprint density at radius 1 is 1.56 bits per heavy atom. The van der Waals surface area contributed by atoms with Crippen molar-refractivity contribution >= 4 is 24.8 Å². The van der Waals surface area contributed by atoms with Crippen molar-refractivity contribution < 1.29 is 4.42 Å². The minimum atomic E-state index is 0. The summed E-state index contributed by atoms with van der Waals surface area (Å²) in [6, 6.07) is 0. The standard InChI is InChI=1S/C4H6N2O.2ClH/c5-1-4-2-6-3-7-4;;/h2-3H,1,5H2;2*1H. The zero-order valence-electron chi connectivity index (χ0n) is 4.61. The molecule has 0 spiro atoms. The van der Waals surface area contributed by atoms with Crippen LogP contribution in [0.4, 0.5) is 0 Å². The van der Waals surface area contributed by atoms with Crippen LogP contribution in [-0.4, -0.2) is 4.98 Å². The van der Waals surface area contributed by atoms with E-state index in [9.17, 15) is 0 Å². The Morgan fingerprint density at radius 3 is 2.44 bits per heavy atom. The number of nitrogens with zero attached hydrogens (tertiary/aromatic N) is 1. The fraction of sp³-hybridized carbons (Fsp3) is 0.250. The molecule has 0 bridgehead atoms. The number of nitrogens with two attached hydrogens (primary N) is 1. The molecule has 9 heavy (non-hydrogen) atoms. The number of aromatic nitrogens is 1. The number of oxazole rings is 1. The van der Waals surface area contributed by atoms with Crippen LogP contribution >= 0.6 is 24.8 Å². The van der Waals surface area contributed by atoms with Crippen LogP contribution in [0.1, 0.15) is 5.76 Å². The Bertz CT molecular complexity index is 131. The van der Waals surface area contributed by atoms with Crippen molar-refractivity contribution in [2.45, 2.75) is 6.54 Å². The lowest BCUT2D eigenvalue weighted by atomic mass is 10.5. The second-order valence-corrected chi connectivity index (χ2v) is 1.17. The van der Waals surface area contributed by atoms with Gasteiger partial charge in [-0.1, -0.05) is 0 Å². The average Bonchev–Trinajstić information content (AvgIpc) is 2.14. The topological polar surface area (TPSA) is 52.0 Å². The van der Waals surface area contributed by atoms with Gasteiger partial charge in [-0.25, -0.2) is 4.98 Å². The third-order valence-corrected chi connectivity index (χ3v) is 0.685. The smallest absolute Gasteiger partial charge is 0.180 e.